The van der Waals surface area contributed by atoms with Crippen molar-refractivity contribution in [2.75, 3.05) is 6.61 Å². The summed E-state index contributed by atoms with van der Waals surface area (Å²) in [4.78, 5) is 10.8. The standard InChI is InChI=1S/C16H23AsO2/c1-4-6-15-11-14(12-18)7-8-16(15)19-10-5-9-17-13(2)3/h4,7-8,11-13,17H,1,5-6,9-10H2,2-3H3. The molecule has 1 atom stereocenters. The Balaban J connectivity index is 2.52. The second-order valence-corrected chi connectivity index (χ2v) is 9.12. The number of rotatable bonds is 9. The molecule has 0 aromatic heterocycles. The van der Waals surface area contributed by atoms with Crippen LogP contribution in [0.15, 0.2) is 30.9 Å². The van der Waals surface area contributed by atoms with Crippen LogP contribution in [0.4, 0.5) is 0 Å². The van der Waals surface area contributed by atoms with E-state index in [0.717, 1.165) is 41.8 Å². The number of aldehydes is 1. The first-order chi connectivity index (χ1) is 9.17. The summed E-state index contributed by atoms with van der Waals surface area (Å²) >= 11 is 0.191. The molecule has 0 fully saturated rings. The molecule has 2 nitrogen and oxygen atoms in total. The van der Waals surface area contributed by atoms with Crippen molar-refractivity contribution in [3.8, 4) is 5.75 Å². The van der Waals surface area contributed by atoms with Gasteiger partial charge in [-0.1, -0.05) is 0 Å². The predicted molar refractivity (Wildman–Crippen MR) is 82.9 cm³/mol. The number of benzene rings is 1. The summed E-state index contributed by atoms with van der Waals surface area (Å²) in [5.41, 5.74) is 1.73. The molecule has 0 radical (unpaired) electrons. The van der Waals surface area contributed by atoms with Gasteiger partial charge in [0.1, 0.15) is 0 Å². The summed E-state index contributed by atoms with van der Waals surface area (Å²) in [5, 5.41) is 1.32. The monoisotopic (exact) mass is 322 g/mol. The fraction of sp³-hybridized carbons (Fsp3) is 0.438. The number of ether oxygens (including phenoxy) is 1. The Morgan fingerprint density at radius 2 is 2.21 bits per heavy atom. The number of allylic oxidation sites excluding steroid dienone is 1. The van der Waals surface area contributed by atoms with Gasteiger partial charge in [-0.15, -0.1) is 0 Å². The maximum absolute atomic E-state index is 10.8. The summed E-state index contributed by atoms with van der Waals surface area (Å²) in [7, 11) is 0. The summed E-state index contributed by atoms with van der Waals surface area (Å²) in [5.74, 6) is 0.884. The number of carbonyl (C=O) groups excluding carboxylic acids is 1. The summed E-state index contributed by atoms with van der Waals surface area (Å²) in [6.07, 6.45) is 4.56. The molecule has 0 saturated heterocycles. The molecule has 1 rings (SSSR count). The van der Waals surface area contributed by atoms with Crippen molar-refractivity contribution in [1.82, 2.24) is 0 Å². The second kappa shape index (κ2) is 8.98. The van der Waals surface area contributed by atoms with E-state index in [0.29, 0.717) is 5.56 Å². The first kappa shape index (κ1) is 16.0. The minimum absolute atomic E-state index is 0.191. The molecule has 0 heterocycles. The molecule has 1 unspecified atom stereocenters. The first-order valence-electron chi connectivity index (χ1n) is 6.72. The Morgan fingerprint density at radius 3 is 2.84 bits per heavy atom. The molecule has 3 heteroatoms. The third-order valence-corrected chi connectivity index (χ3v) is 5.78. The van der Waals surface area contributed by atoms with Crippen LogP contribution in [0.25, 0.3) is 0 Å². The van der Waals surface area contributed by atoms with Crippen molar-refractivity contribution >= 4 is 22.0 Å². The molecule has 1 aromatic rings. The quantitative estimate of drug-likeness (QED) is 0.300. The van der Waals surface area contributed by atoms with Gasteiger partial charge in [-0.2, -0.15) is 0 Å². The van der Waals surface area contributed by atoms with Crippen LogP contribution in [0.1, 0.15) is 36.2 Å². The molecular formula is C16H23AsO2. The average molecular weight is 322 g/mol. The van der Waals surface area contributed by atoms with Crippen molar-refractivity contribution in [2.24, 2.45) is 0 Å². The third kappa shape index (κ3) is 6.11. The van der Waals surface area contributed by atoms with Crippen LogP contribution in [0, 0.1) is 0 Å². The van der Waals surface area contributed by atoms with Crippen molar-refractivity contribution < 1.29 is 9.53 Å². The van der Waals surface area contributed by atoms with Gasteiger partial charge in [0.2, 0.25) is 0 Å². The van der Waals surface area contributed by atoms with Gasteiger partial charge >= 0.3 is 123 Å². The zero-order chi connectivity index (χ0) is 14.1. The average Bonchev–Trinajstić information content (AvgIpc) is 2.39. The van der Waals surface area contributed by atoms with E-state index in [1.807, 2.05) is 18.2 Å². The predicted octanol–water partition coefficient (Wildman–Crippen LogP) is 3.68. The van der Waals surface area contributed by atoms with Crippen LogP contribution in [-0.2, 0) is 6.42 Å². The van der Waals surface area contributed by atoms with Gasteiger partial charge in [0, 0.05) is 0 Å². The molecule has 0 aliphatic carbocycles. The van der Waals surface area contributed by atoms with Crippen molar-refractivity contribution in [3.63, 3.8) is 0 Å². The number of hydrogen-bond donors (Lipinski definition) is 0. The fourth-order valence-electron chi connectivity index (χ4n) is 1.77. The Bertz CT molecular complexity index is 413. The Hall–Kier alpha value is -1.01. The van der Waals surface area contributed by atoms with E-state index < -0.39 is 0 Å². The van der Waals surface area contributed by atoms with Crippen molar-refractivity contribution in [1.29, 1.82) is 0 Å². The molecule has 1 aromatic carbocycles. The van der Waals surface area contributed by atoms with Gasteiger partial charge in [-0.05, 0) is 0 Å². The second-order valence-electron chi connectivity index (χ2n) is 4.79. The SMILES string of the molecule is C=CCc1cc(C=O)ccc1OCCC[AsH]C(C)C. The van der Waals surface area contributed by atoms with Crippen LogP contribution < -0.4 is 4.74 Å². The molecule has 104 valence electrons. The summed E-state index contributed by atoms with van der Waals surface area (Å²) < 4.78 is 6.71. The van der Waals surface area contributed by atoms with Crippen molar-refractivity contribution in [3.05, 3.63) is 42.0 Å². The van der Waals surface area contributed by atoms with Gasteiger partial charge in [0.05, 0.1) is 0 Å². The molecule has 0 amide bonds. The third-order valence-electron chi connectivity index (χ3n) is 2.72. The van der Waals surface area contributed by atoms with Crippen molar-refractivity contribution in [2.45, 2.75) is 36.6 Å². The first-order valence-corrected chi connectivity index (χ1v) is 9.42. The van der Waals surface area contributed by atoms with E-state index >= 15 is 0 Å². The Labute approximate surface area is 122 Å². The van der Waals surface area contributed by atoms with E-state index in [2.05, 4.69) is 20.4 Å². The summed E-state index contributed by atoms with van der Waals surface area (Å²) in [6.45, 7) is 9.09. The van der Waals surface area contributed by atoms with Gasteiger partial charge < -0.3 is 0 Å². The zero-order valence-electron chi connectivity index (χ0n) is 11.8. The van der Waals surface area contributed by atoms with Crippen LogP contribution in [0.3, 0.4) is 0 Å². The molecule has 0 N–H and O–H groups in total. The summed E-state index contributed by atoms with van der Waals surface area (Å²) in [6, 6.07) is 5.57. The maximum atomic E-state index is 10.8. The van der Waals surface area contributed by atoms with E-state index in [1.165, 1.54) is 5.21 Å². The molecule has 0 spiro atoms. The topological polar surface area (TPSA) is 26.3 Å². The molecule has 0 aliphatic heterocycles. The van der Waals surface area contributed by atoms with E-state index in [-0.39, 0.29) is 15.8 Å². The van der Waals surface area contributed by atoms with Gasteiger partial charge in [0.25, 0.3) is 0 Å². The Kier molecular flexibility index (Phi) is 7.58. The fourth-order valence-corrected chi connectivity index (χ4v) is 3.72. The van der Waals surface area contributed by atoms with Crippen LogP contribution in [-0.4, -0.2) is 28.6 Å². The molecule has 0 bridgehead atoms. The molecule has 19 heavy (non-hydrogen) atoms. The van der Waals surface area contributed by atoms with Gasteiger partial charge in [-0.25, -0.2) is 0 Å². The van der Waals surface area contributed by atoms with Crippen LogP contribution >= 0.6 is 0 Å². The number of carbonyl (C=O) groups is 1. The minimum atomic E-state index is 0.191. The zero-order valence-corrected chi connectivity index (χ0v) is 13.9. The Morgan fingerprint density at radius 1 is 1.42 bits per heavy atom. The van der Waals surface area contributed by atoms with E-state index in [4.69, 9.17) is 4.74 Å². The van der Waals surface area contributed by atoms with E-state index in [1.54, 1.807) is 6.07 Å². The normalized spacial score (nSPS) is 11.1. The van der Waals surface area contributed by atoms with Crippen LogP contribution in [0.5, 0.6) is 5.75 Å². The molecular weight excluding hydrogens is 299 g/mol. The van der Waals surface area contributed by atoms with Gasteiger partial charge in [0.15, 0.2) is 0 Å². The molecule has 0 aliphatic rings. The molecule has 0 saturated carbocycles. The number of hydrogen-bond acceptors (Lipinski definition) is 2. The van der Waals surface area contributed by atoms with Crippen LogP contribution in [0.2, 0.25) is 9.91 Å². The van der Waals surface area contributed by atoms with Gasteiger partial charge in [-0.3, -0.25) is 0 Å². The van der Waals surface area contributed by atoms with E-state index in [9.17, 15) is 4.79 Å².